The molecular formula is C19H34F2N4O4. The number of alkyl halides is 2. The lowest BCUT2D eigenvalue weighted by molar-refractivity contribution is -0.132. The largest absolute Gasteiger partial charge is 0.444 e. The van der Waals surface area contributed by atoms with Crippen LogP contribution in [0.25, 0.3) is 0 Å². The van der Waals surface area contributed by atoms with Gasteiger partial charge in [0.25, 0.3) is 0 Å². The minimum atomic E-state index is -0.956. The zero-order valence-corrected chi connectivity index (χ0v) is 17.9. The van der Waals surface area contributed by atoms with Crippen LogP contribution in [0.15, 0.2) is 0 Å². The molecule has 168 valence electrons. The number of nitrogens with one attached hydrogen (secondary N) is 1. The minimum Gasteiger partial charge on any atom is -0.444 e. The average Bonchev–Trinajstić information content (AvgIpc) is 3.20. The van der Waals surface area contributed by atoms with Crippen molar-refractivity contribution >= 4 is 17.9 Å². The Labute approximate surface area is 171 Å². The standard InChI is InChI=1S/C12H21FN2O3.C7H13FN2O/c1-8(14-11(17)18-12(2,3)4)10(16)15-6-5-9(13)7-15;1-5(9)7(11)10-3-2-6(8)4-10/h8-9H,5-7H2,1-4H3,(H,14,17);5-6H,2-4,9H2,1H3/t8-,9+;5-,6+/m11/s1. The summed E-state index contributed by atoms with van der Waals surface area (Å²) < 4.78 is 30.6. The molecule has 2 rings (SSSR count). The van der Waals surface area contributed by atoms with E-state index in [0.29, 0.717) is 25.9 Å². The highest BCUT2D eigenvalue weighted by atomic mass is 19.1. The quantitative estimate of drug-likeness (QED) is 0.718. The van der Waals surface area contributed by atoms with Crippen LogP contribution in [-0.2, 0) is 14.3 Å². The number of likely N-dealkylation sites (tertiary alicyclic amines) is 2. The molecule has 3 N–H and O–H groups in total. The molecule has 2 aliphatic heterocycles. The molecule has 0 spiro atoms. The van der Waals surface area contributed by atoms with Gasteiger partial charge in [-0.25, -0.2) is 13.6 Å². The molecule has 29 heavy (non-hydrogen) atoms. The zero-order chi connectivity index (χ0) is 22.4. The Hall–Kier alpha value is -1.97. The number of nitrogens with two attached hydrogens (primary N) is 1. The Morgan fingerprint density at radius 2 is 1.45 bits per heavy atom. The van der Waals surface area contributed by atoms with Crippen molar-refractivity contribution < 1.29 is 27.9 Å². The second kappa shape index (κ2) is 10.7. The summed E-state index contributed by atoms with van der Waals surface area (Å²) in [6.45, 7) is 9.67. The van der Waals surface area contributed by atoms with Crippen LogP contribution in [0.3, 0.4) is 0 Å². The first-order chi connectivity index (χ1) is 13.3. The van der Waals surface area contributed by atoms with Crippen molar-refractivity contribution in [2.24, 2.45) is 5.73 Å². The van der Waals surface area contributed by atoms with Crippen molar-refractivity contribution in [3.8, 4) is 0 Å². The van der Waals surface area contributed by atoms with E-state index in [2.05, 4.69) is 5.32 Å². The predicted octanol–water partition coefficient (Wildman–Crippen LogP) is 1.37. The first-order valence-electron chi connectivity index (χ1n) is 9.91. The van der Waals surface area contributed by atoms with E-state index in [4.69, 9.17) is 10.5 Å². The van der Waals surface area contributed by atoms with Crippen molar-refractivity contribution in [3.05, 3.63) is 0 Å². The van der Waals surface area contributed by atoms with Crippen LogP contribution < -0.4 is 11.1 Å². The Bertz CT molecular complexity index is 583. The number of amides is 3. The fraction of sp³-hybridized carbons (Fsp3) is 0.842. The summed E-state index contributed by atoms with van der Waals surface area (Å²) in [5.74, 6) is -0.425. The van der Waals surface area contributed by atoms with E-state index in [1.54, 1.807) is 34.6 Å². The first kappa shape index (κ1) is 25.1. The molecular weight excluding hydrogens is 386 g/mol. The third-order valence-electron chi connectivity index (χ3n) is 4.38. The van der Waals surface area contributed by atoms with Crippen molar-refractivity contribution in [1.29, 1.82) is 0 Å². The topological polar surface area (TPSA) is 105 Å². The van der Waals surface area contributed by atoms with Gasteiger partial charge in [-0.3, -0.25) is 9.59 Å². The first-order valence-corrected chi connectivity index (χ1v) is 9.91. The summed E-state index contributed by atoms with van der Waals surface area (Å²) >= 11 is 0. The molecule has 0 saturated carbocycles. The van der Waals surface area contributed by atoms with E-state index in [0.717, 1.165) is 0 Å². The molecule has 0 aromatic rings. The predicted molar refractivity (Wildman–Crippen MR) is 105 cm³/mol. The number of carbonyl (C=O) groups is 3. The number of halogens is 2. The van der Waals surface area contributed by atoms with Gasteiger partial charge < -0.3 is 25.6 Å². The molecule has 2 fully saturated rings. The van der Waals surface area contributed by atoms with Crippen LogP contribution in [0.4, 0.5) is 13.6 Å². The normalized spacial score (nSPS) is 23.7. The molecule has 0 unspecified atom stereocenters. The van der Waals surface area contributed by atoms with Gasteiger partial charge in [-0.15, -0.1) is 0 Å². The maximum absolute atomic E-state index is 13.0. The van der Waals surface area contributed by atoms with Gasteiger partial charge in [0.15, 0.2) is 0 Å². The maximum Gasteiger partial charge on any atom is 0.408 e. The molecule has 0 aromatic carbocycles. The van der Waals surface area contributed by atoms with Gasteiger partial charge in [0, 0.05) is 13.1 Å². The van der Waals surface area contributed by atoms with E-state index in [9.17, 15) is 23.2 Å². The second-order valence-corrected chi connectivity index (χ2v) is 8.50. The number of alkyl carbamates (subject to hydrolysis) is 1. The van der Waals surface area contributed by atoms with Crippen molar-refractivity contribution in [3.63, 3.8) is 0 Å². The zero-order valence-electron chi connectivity index (χ0n) is 17.9. The van der Waals surface area contributed by atoms with Gasteiger partial charge in [0.2, 0.25) is 11.8 Å². The highest BCUT2D eigenvalue weighted by molar-refractivity contribution is 5.85. The molecule has 0 radical (unpaired) electrons. The summed E-state index contributed by atoms with van der Waals surface area (Å²) in [5.41, 5.74) is 4.74. The van der Waals surface area contributed by atoms with E-state index in [1.165, 1.54) is 9.80 Å². The highest BCUT2D eigenvalue weighted by Gasteiger charge is 2.30. The molecule has 8 nitrogen and oxygen atoms in total. The SMILES string of the molecule is C[C@@H](N)C(=O)N1CC[C@H](F)C1.C[C@@H](NC(=O)OC(C)(C)C)C(=O)N1CC[C@H](F)C1. The number of hydrogen-bond donors (Lipinski definition) is 2. The van der Waals surface area contributed by atoms with Gasteiger partial charge in [-0.1, -0.05) is 0 Å². The van der Waals surface area contributed by atoms with Crippen LogP contribution >= 0.6 is 0 Å². The molecule has 10 heteroatoms. The molecule has 2 heterocycles. The third kappa shape index (κ3) is 8.93. The third-order valence-corrected chi connectivity index (χ3v) is 4.38. The van der Waals surface area contributed by atoms with E-state index in [-0.39, 0.29) is 24.9 Å². The van der Waals surface area contributed by atoms with Crippen LogP contribution in [-0.4, -0.2) is 83.9 Å². The van der Waals surface area contributed by atoms with Gasteiger partial charge in [-0.2, -0.15) is 0 Å². The number of nitrogens with zero attached hydrogens (tertiary/aromatic N) is 2. The van der Waals surface area contributed by atoms with Gasteiger partial charge in [0.05, 0.1) is 19.1 Å². The lowest BCUT2D eigenvalue weighted by Gasteiger charge is -2.24. The molecule has 2 saturated heterocycles. The second-order valence-electron chi connectivity index (χ2n) is 8.50. The highest BCUT2D eigenvalue weighted by Crippen LogP contribution is 2.14. The molecule has 0 aliphatic carbocycles. The Morgan fingerprint density at radius 1 is 1.00 bits per heavy atom. The lowest BCUT2D eigenvalue weighted by Crippen LogP contribution is -2.47. The Morgan fingerprint density at radius 3 is 1.79 bits per heavy atom. The summed E-state index contributed by atoms with van der Waals surface area (Å²) in [5, 5.41) is 2.45. The molecule has 3 amide bonds. The monoisotopic (exact) mass is 420 g/mol. The van der Waals surface area contributed by atoms with Crippen molar-refractivity contribution in [2.75, 3.05) is 26.2 Å². The van der Waals surface area contributed by atoms with Gasteiger partial charge in [0.1, 0.15) is 24.0 Å². The van der Waals surface area contributed by atoms with E-state index < -0.39 is 36.1 Å². The Kier molecular flexibility index (Phi) is 9.25. The summed E-state index contributed by atoms with van der Waals surface area (Å²) in [6.07, 6.45) is -1.62. The van der Waals surface area contributed by atoms with Crippen LogP contribution in [0.5, 0.6) is 0 Å². The van der Waals surface area contributed by atoms with E-state index in [1.807, 2.05) is 0 Å². The molecule has 0 bridgehead atoms. The minimum absolute atomic E-state index is 0.110. The Balaban J connectivity index is 0.000000326. The number of rotatable bonds is 3. The van der Waals surface area contributed by atoms with E-state index >= 15 is 0 Å². The van der Waals surface area contributed by atoms with Crippen molar-refractivity contribution in [1.82, 2.24) is 15.1 Å². The van der Waals surface area contributed by atoms with Crippen LogP contribution in [0.1, 0.15) is 47.5 Å². The van der Waals surface area contributed by atoms with Gasteiger partial charge in [-0.05, 0) is 47.5 Å². The molecule has 2 aliphatic rings. The van der Waals surface area contributed by atoms with Crippen molar-refractivity contribution in [2.45, 2.75) is 77.5 Å². The number of carbonyl (C=O) groups excluding carboxylic acids is 3. The molecule has 4 atom stereocenters. The molecule has 0 aromatic heterocycles. The lowest BCUT2D eigenvalue weighted by atomic mass is 10.2. The smallest absolute Gasteiger partial charge is 0.408 e. The van der Waals surface area contributed by atoms with Crippen LogP contribution in [0, 0.1) is 0 Å². The summed E-state index contributed by atoms with van der Waals surface area (Å²) in [6, 6.07) is -1.20. The fourth-order valence-corrected chi connectivity index (χ4v) is 2.94. The van der Waals surface area contributed by atoms with Crippen LogP contribution in [0.2, 0.25) is 0 Å². The summed E-state index contributed by atoms with van der Waals surface area (Å²) in [4.78, 5) is 37.4. The number of hydrogen-bond acceptors (Lipinski definition) is 5. The average molecular weight is 421 g/mol. The fourth-order valence-electron chi connectivity index (χ4n) is 2.94. The number of ether oxygens (including phenoxy) is 1. The summed E-state index contributed by atoms with van der Waals surface area (Å²) in [7, 11) is 0. The maximum atomic E-state index is 13.0. The van der Waals surface area contributed by atoms with Gasteiger partial charge >= 0.3 is 6.09 Å².